The van der Waals surface area contributed by atoms with Crippen molar-refractivity contribution in [1.82, 2.24) is 24.2 Å². The van der Waals surface area contributed by atoms with E-state index in [9.17, 15) is 4.79 Å². The van der Waals surface area contributed by atoms with Crippen LogP contribution in [0, 0.1) is 13.8 Å². The Hall–Kier alpha value is -2.25. The van der Waals surface area contributed by atoms with Crippen LogP contribution in [0.4, 0.5) is 0 Å². The van der Waals surface area contributed by atoms with Gasteiger partial charge in [-0.2, -0.15) is 0 Å². The Kier molecular flexibility index (Phi) is 4.27. The van der Waals surface area contributed by atoms with Gasteiger partial charge in [0.25, 0.3) is 5.91 Å². The molecule has 0 atom stereocenters. The van der Waals surface area contributed by atoms with E-state index in [0.29, 0.717) is 0 Å². The topological polar surface area (TPSA) is 53.7 Å². The summed E-state index contributed by atoms with van der Waals surface area (Å²) in [5.74, 6) is 0.123. The zero-order valence-corrected chi connectivity index (χ0v) is 15.3. The number of rotatable bonds is 3. The van der Waals surface area contributed by atoms with Crippen molar-refractivity contribution < 1.29 is 4.79 Å². The summed E-state index contributed by atoms with van der Waals surface area (Å²) in [5.41, 5.74) is 3.01. The molecule has 4 rings (SSSR count). The summed E-state index contributed by atoms with van der Waals surface area (Å²) in [7, 11) is 0. The van der Waals surface area contributed by atoms with Crippen LogP contribution in [0.25, 0.3) is 5.65 Å². The molecule has 7 heteroatoms. The van der Waals surface area contributed by atoms with Gasteiger partial charge in [0.05, 0.1) is 22.6 Å². The number of pyridine rings is 1. The summed E-state index contributed by atoms with van der Waals surface area (Å²) < 4.78 is 2.13. The number of carbonyl (C=O) groups excluding carboxylic acids is 1. The Balaban J connectivity index is 1.40. The van der Waals surface area contributed by atoms with E-state index < -0.39 is 0 Å². The van der Waals surface area contributed by atoms with Gasteiger partial charge in [-0.15, -0.1) is 11.3 Å². The quantitative estimate of drug-likeness (QED) is 0.724. The highest BCUT2D eigenvalue weighted by atomic mass is 32.1. The fourth-order valence-corrected chi connectivity index (χ4v) is 4.20. The van der Waals surface area contributed by atoms with Crippen LogP contribution in [0.15, 0.2) is 30.6 Å². The van der Waals surface area contributed by atoms with Crippen molar-refractivity contribution in [3.05, 3.63) is 51.9 Å². The number of carbonyl (C=O) groups is 1. The van der Waals surface area contributed by atoms with Gasteiger partial charge in [0.2, 0.25) is 0 Å². The molecule has 1 amide bonds. The van der Waals surface area contributed by atoms with E-state index in [0.717, 1.165) is 53.9 Å². The molecule has 0 N–H and O–H groups in total. The molecule has 0 bridgehead atoms. The minimum absolute atomic E-state index is 0.123. The van der Waals surface area contributed by atoms with Crippen LogP contribution >= 0.6 is 11.3 Å². The zero-order chi connectivity index (χ0) is 17.4. The Bertz CT molecular complexity index is 907. The lowest BCUT2D eigenvalue weighted by atomic mass is 10.2. The lowest BCUT2D eigenvalue weighted by molar-refractivity contribution is 0.0630. The number of nitrogens with zero attached hydrogens (tertiary/aromatic N) is 5. The second-order valence-electron chi connectivity index (χ2n) is 6.39. The number of aromatic nitrogens is 3. The van der Waals surface area contributed by atoms with Crippen molar-refractivity contribution >= 4 is 22.9 Å². The average Bonchev–Trinajstić information content (AvgIpc) is 3.18. The van der Waals surface area contributed by atoms with E-state index in [-0.39, 0.29) is 5.91 Å². The fourth-order valence-electron chi connectivity index (χ4n) is 3.31. The lowest BCUT2D eigenvalue weighted by Gasteiger charge is -2.34. The molecular weight excluding hydrogens is 334 g/mol. The van der Waals surface area contributed by atoms with E-state index in [1.807, 2.05) is 49.3 Å². The van der Waals surface area contributed by atoms with Crippen molar-refractivity contribution in [3.8, 4) is 0 Å². The number of thiazole rings is 1. The number of hydrogen-bond acceptors (Lipinski definition) is 5. The molecule has 0 saturated carbocycles. The molecule has 4 heterocycles. The third-order valence-corrected chi connectivity index (χ3v) is 5.70. The van der Waals surface area contributed by atoms with Gasteiger partial charge in [0.1, 0.15) is 10.5 Å². The molecule has 3 aromatic rings. The maximum atomic E-state index is 12.7. The Morgan fingerprint density at radius 2 is 2.00 bits per heavy atom. The Labute approximate surface area is 150 Å². The highest BCUT2D eigenvalue weighted by molar-refractivity contribution is 7.13. The summed E-state index contributed by atoms with van der Waals surface area (Å²) in [6.07, 6.45) is 3.99. The minimum Gasteiger partial charge on any atom is -0.335 e. The van der Waals surface area contributed by atoms with E-state index >= 15 is 0 Å². The van der Waals surface area contributed by atoms with Gasteiger partial charge in [-0.25, -0.2) is 9.97 Å². The number of fused-ring (bicyclic) bond motifs is 1. The molecule has 1 fully saturated rings. The molecule has 1 aliphatic heterocycles. The average molecular weight is 355 g/mol. The van der Waals surface area contributed by atoms with E-state index in [1.54, 1.807) is 0 Å². The molecule has 0 aliphatic carbocycles. The third kappa shape index (κ3) is 3.17. The fraction of sp³-hybridized carbons (Fsp3) is 0.389. The van der Waals surface area contributed by atoms with Crippen molar-refractivity contribution in [2.24, 2.45) is 0 Å². The maximum absolute atomic E-state index is 12.7. The summed E-state index contributed by atoms with van der Waals surface area (Å²) in [5, 5.41) is 0.951. The van der Waals surface area contributed by atoms with Gasteiger partial charge >= 0.3 is 0 Å². The van der Waals surface area contributed by atoms with Gasteiger partial charge in [-0.05, 0) is 26.0 Å². The second kappa shape index (κ2) is 6.57. The van der Waals surface area contributed by atoms with E-state index in [4.69, 9.17) is 0 Å². The predicted octanol–water partition coefficient (Wildman–Crippen LogP) is 2.37. The molecule has 130 valence electrons. The highest BCUT2D eigenvalue weighted by Gasteiger charge is 2.25. The molecule has 25 heavy (non-hydrogen) atoms. The van der Waals surface area contributed by atoms with Crippen molar-refractivity contribution in [1.29, 1.82) is 0 Å². The minimum atomic E-state index is 0.123. The normalized spacial score (nSPS) is 15.8. The number of imidazole rings is 1. The molecule has 1 aliphatic rings. The summed E-state index contributed by atoms with van der Waals surface area (Å²) >= 11 is 1.49. The lowest BCUT2D eigenvalue weighted by Crippen LogP contribution is -2.48. The van der Waals surface area contributed by atoms with Crippen LogP contribution in [0.3, 0.4) is 0 Å². The smallest absolute Gasteiger partial charge is 0.265 e. The van der Waals surface area contributed by atoms with Gasteiger partial charge < -0.3 is 9.30 Å². The van der Waals surface area contributed by atoms with E-state index in [1.165, 1.54) is 17.0 Å². The zero-order valence-electron chi connectivity index (χ0n) is 14.5. The van der Waals surface area contributed by atoms with Gasteiger partial charge in [-0.3, -0.25) is 9.69 Å². The van der Waals surface area contributed by atoms with Crippen LogP contribution in [-0.2, 0) is 6.54 Å². The summed E-state index contributed by atoms with van der Waals surface area (Å²) in [4.78, 5) is 26.6. The van der Waals surface area contributed by atoms with Gasteiger partial charge in [-0.1, -0.05) is 6.07 Å². The first kappa shape index (κ1) is 16.2. The molecule has 3 aromatic heterocycles. The van der Waals surface area contributed by atoms with Gasteiger partial charge in [0.15, 0.2) is 0 Å². The molecule has 0 unspecified atom stereocenters. The Morgan fingerprint density at radius 1 is 1.20 bits per heavy atom. The largest absolute Gasteiger partial charge is 0.335 e. The highest BCUT2D eigenvalue weighted by Crippen LogP contribution is 2.20. The molecule has 0 aromatic carbocycles. The first-order chi connectivity index (χ1) is 12.1. The van der Waals surface area contributed by atoms with Crippen LogP contribution in [-0.4, -0.2) is 56.3 Å². The molecule has 0 radical (unpaired) electrons. The van der Waals surface area contributed by atoms with Crippen LogP contribution in [0.1, 0.15) is 26.1 Å². The number of amides is 1. The van der Waals surface area contributed by atoms with Crippen LogP contribution in [0.5, 0.6) is 0 Å². The van der Waals surface area contributed by atoms with Crippen LogP contribution in [0.2, 0.25) is 0 Å². The summed E-state index contributed by atoms with van der Waals surface area (Å²) in [6, 6.07) is 6.04. The maximum Gasteiger partial charge on any atom is 0.265 e. The molecule has 0 spiro atoms. The number of hydrogen-bond donors (Lipinski definition) is 0. The standard InChI is InChI=1S/C18H21N5OS/c1-13-17(25-14(2)20-13)18(24)22-9-7-21(8-10-22)12-15-11-19-16-5-3-4-6-23(15)16/h3-6,11H,7-10,12H2,1-2H3. The van der Waals surface area contributed by atoms with Gasteiger partial charge in [0, 0.05) is 38.9 Å². The predicted molar refractivity (Wildman–Crippen MR) is 98.0 cm³/mol. The first-order valence-electron chi connectivity index (χ1n) is 8.48. The SMILES string of the molecule is Cc1nc(C)c(C(=O)N2CCN(Cc3cnc4ccccn34)CC2)s1. The number of aryl methyl sites for hydroxylation is 2. The van der Waals surface area contributed by atoms with E-state index in [2.05, 4.69) is 19.3 Å². The Morgan fingerprint density at radius 3 is 2.72 bits per heavy atom. The molecule has 1 saturated heterocycles. The van der Waals surface area contributed by atoms with Crippen molar-refractivity contribution in [2.75, 3.05) is 26.2 Å². The summed E-state index contributed by atoms with van der Waals surface area (Å²) in [6.45, 7) is 7.98. The van der Waals surface area contributed by atoms with Crippen molar-refractivity contribution in [3.63, 3.8) is 0 Å². The molecular formula is C18H21N5OS. The monoisotopic (exact) mass is 355 g/mol. The number of piperazine rings is 1. The third-order valence-electron chi connectivity index (χ3n) is 4.64. The van der Waals surface area contributed by atoms with Crippen LogP contribution < -0.4 is 0 Å². The second-order valence-corrected chi connectivity index (χ2v) is 7.60. The first-order valence-corrected chi connectivity index (χ1v) is 9.30. The molecule has 6 nitrogen and oxygen atoms in total. The van der Waals surface area contributed by atoms with Crippen molar-refractivity contribution in [2.45, 2.75) is 20.4 Å².